The molecule has 0 aromatic heterocycles. The number of likely N-dealkylation sites (N-methyl/N-ethyl adjacent to an activating group) is 1. The van der Waals surface area contributed by atoms with Gasteiger partial charge in [0.25, 0.3) is 0 Å². The number of benzene rings is 1. The molecular formula is C13H20FN3O3S. The van der Waals surface area contributed by atoms with Gasteiger partial charge in [0.2, 0.25) is 15.9 Å². The van der Waals surface area contributed by atoms with Crippen LogP contribution in [0.3, 0.4) is 0 Å². The van der Waals surface area contributed by atoms with Gasteiger partial charge in [-0.05, 0) is 26.0 Å². The molecule has 0 aliphatic heterocycles. The monoisotopic (exact) mass is 317 g/mol. The van der Waals surface area contributed by atoms with Crippen molar-refractivity contribution in [3.63, 3.8) is 0 Å². The van der Waals surface area contributed by atoms with Crippen molar-refractivity contribution in [1.29, 1.82) is 0 Å². The number of halogens is 1. The summed E-state index contributed by atoms with van der Waals surface area (Å²) >= 11 is 0. The van der Waals surface area contributed by atoms with Crippen LogP contribution in [0.15, 0.2) is 23.1 Å². The third-order valence-corrected chi connectivity index (χ3v) is 4.58. The molecule has 0 bridgehead atoms. The first kappa shape index (κ1) is 17.5. The van der Waals surface area contributed by atoms with E-state index in [2.05, 4.69) is 4.72 Å². The molecule has 0 saturated carbocycles. The van der Waals surface area contributed by atoms with Crippen molar-refractivity contribution >= 4 is 15.9 Å². The van der Waals surface area contributed by atoms with E-state index in [-0.39, 0.29) is 29.5 Å². The quantitative estimate of drug-likeness (QED) is 0.763. The summed E-state index contributed by atoms with van der Waals surface area (Å²) < 4.78 is 40.1. The van der Waals surface area contributed by atoms with Gasteiger partial charge in [-0.2, -0.15) is 0 Å². The smallest absolute Gasteiger partial charge is 0.241 e. The molecule has 1 rings (SSSR count). The van der Waals surface area contributed by atoms with E-state index in [0.29, 0.717) is 13.1 Å². The minimum Gasteiger partial charge on any atom is -0.342 e. The van der Waals surface area contributed by atoms with Crippen LogP contribution in [0.4, 0.5) is 4.39 Å². The molecule has 118 valence electrons. The van der Waals surface area contributed by atoms with E-state index < -0.39 is 15.8 Å². The summed E-state index contributed by atoms with van der Waals surface area (Å²) in [6, 6.07) is 3.69. The summed E-state index contributed by atoms with van der Waals surface area (Å²) in [6.07, 6.45) is 0. The molecule has 3 N–H and O–H groups in total. The Balaban J connectivity index is 2.93. The van der Waals surface area contributed by atoms with E-state index in [1.54, 1.807) is 13.8 Å². The fourth-order valence-corrected chi connectivity index (χ4v) is 3.14. The summed E-state index contributed by atoms with van der Waals surface area (Å²) in [5.74, 6) is -1.02. The minimum absolute atomic E-state index is 0.0970. The molecule has 0 aliphatic carbocycles. The number of nitrogens with zero attached hydrogens (tertiary/aromatic N) is 1. The maximum atomic E-state index is 13.6. The number of carbonyl (C=O) groups excluding carboxylic acids is 1. The van der Waals surface area contributed by atoms with Crippen LogP contribution in [0, 0.1) is 5.82 Å². The van der Waals surface area contributed by atoms with Gasteiger partial charge in [-0.3, -0.25) is 4.79 Å². The van der Waals surface area contributed by atoms with Gasteiger partial charge in [0.1, 0.15) is 5.82 Å². The van der Waals surface area contributed by atoms with E-state index in [1.165, 1.54) is 17.0 Å². The summed E-state index contributed by atoms with van der Waals surface area (Å²) in [5, 5.41) is 0. The normalized spacial score (nSPS) is 11.4. The van der Waals surface area contributed by atoms with E-state index in [0.717, 1.165) is 6.07 Å². The second-order valence-electron chi connectivity index (χ2n) is 4.31. The van der Waals surface area contributed by atoms with E-state index in [9.17, 15) is 17.6 Å². The number of nitrogens with two attached hydrogens (primary N) is 1. The molecule has 1 aromatic carbocycles. The predicted octanol–water partition coefficient (Wildman–Crippen LogP) is 0.431. The Morgan fingerprint density at radius 1 is 1.33 bits per heavy atom. The van der Waals surface area contributed by atoms with Crippen LogP contribution in [0.25, 0.3) is 0 Å². The van der Waals surface area contributed by atoms with E-state index in [4.69, 9.17) is 5.73 Å². The molecule has 6 nitrogen and oxygen atoms in total. The number of nitrogens with one attached hydrogen (secondary N) is 1. The van der Waals surface area contributed by atoms with Crippen LogP contribution in [0.2, 0.25) is 0 Å². The standard InChI is InChI=1S/C13H20FN3O3S/c1-3-17(4-2)13(18)9-16-21(19,20)12-7-5-6-11(14)10(12)8-15/h5-7,16H,3-4,8-9,15H2,1-2H3. The molecule has 0 fully saturated rings. The SMILES string of the molecule is CCN(CC)C(=O)CNS(=O)(=O)c1cccc(F)c1CN. The van der Waals surface area contributed by atoms with E-state index in [1.807, 2.05) is 0 Å². The van der Waals surface area contributed by atoms with Crippen molar-refractivity contribution in [2.24, 2.45) is 5.73 Å². The lowest BCUT2D eigenvalue weighted by atomic mass is 10.2. The van der Waals surface area contributed by atoms with Crippen molar-refractivity contribution in [1.82, 2.24) is 9.62 Å². The third-order valence-electron chi connectivity index (χ3n) is 3.10. The molecule has 0 aliphatic rings. The summed E-state index contributed by atoms with van der Waals surface area (Å²) in [6.45, 7) is 3.97. The van der Waals surface area contributed by atoms with Crippen LogP contribution < -0.4 is 10.5 Å². The third kappa shape index (κ3) is 4.23. The Morgan fingerprint density at radius 3 is 2.48 bits per heavy atom. The lowest BCUT2D eigenvalue weighted by molar-refractivity contribution is -0.129. The van der Waals surface area contributed by atoms with Crippen molar-refractivity contribution in [2.45, 2.75) is 25.3 Å². The Bertz CT molecular complexity index is 601. The molecule has 0 unspecified atom stereocenters. The average Bonchev–Trinajstić information content (AvgIpc) is 2.46. The predicted molar refractivity (Wildman–Crippen MR) is 77.4 cm³/mol. The van der Waals surface area contributed by atoms with Gasteiger partial charge in [0.15, 0.2) is 0 Å². The number of amides is 1. The first-order valence-electron chi connectivity index (χ1n) is 6.62. The van der Waals surface area contributed by atoms with Gasteiger partial charge in [-0.1, -0.05) is 6.07 Å². The second-order valence-corrected chi connectivity index (χ2v) is 6.05. The molecule has 0 saturated heterocycles. The van der Waals surface area contributed by atoms with Crippen molar-refractivity contribution in [2.75, 3.05) is 19.6 Å². The van der Waals surface area contributed by atoms with Gasteiger partial charge in [0, 0.05) is 25.2 Å². The largest absolute Gasteiger partial charge is 0.342 e. The Labute approximate surface area is 124 Å². The zero-order chi connectivity index (χ0) is 16.0. The first-order chi connectivity index (χ1) is 9.87. The number of sulfonamides is 1. The molecule has 8 heteroatoms. The molecule has 1 aromatic rings. The van der Waals surface area contributed by atoms with Crippen LogP contribution in [0.1, 0.15) is 19.4 Å². The van der Waals surface area contributed by atoms with Crippen LogP contribution in [0.5, 0.6) is 0 Å². The Kier molecular flexibility index (Phi) is 6.25. The molecule has 21 heavy (non-hydrogen) atoms. The highest BCUT2D eigenvalue weighted by atomic mass is 32.2. The highest BCUT2D eigenvalue weighted by Crippen LogP contribution is 2.18. The zero-order valence-electron chi connectivity index (χ0n) is 12.1. The molecule has 0 spiro atoms. The lowest BCUT2D eigenvalue weighted by Gasteiger charge is -2.19. The fourth-order valence-electron chi connectivity index (χ4n) is 1.91. The van der Waals surface area contributed by atoms with E-state index >= 15 is 0 Å². The first-order valence-corrected chi connectivity index (χ1v) is 8.10. The topological polar surface area (TPSA) is 92.5 Å². The second kappa shape index (κ2) is 7.48. The molecule has 0 heterocycles. The summed E-state index contributed by atoms with van der Waals surface area (Å²) in [7, 11) is -3.99. The van der Waals surface area contributed by atoms with Gasteiger partial charge in [0.05, 0.1) is 11.4 Å². The van der Waals surface area contributed by atoms with Crippen molar-refractivity contribution in [3.8, 4) is 0 Å². The number of hydrogen-bond acceptors (Lipinski definition) is 4. The molecule has 0 radical (unpaired) electrons. The Morgan fingerprint density at radius 2 is 1.95 bits per heavy atom. The average molecular weight is 317 g/mol. The Hall–Kier alpha value is -1.51. The van der Waals surface area contributed by atoms with Crippen LogP contribution in [-0.4, -0.2) is 38.9 Å². The number of carbonyl (C=O) groups is 1. The lowest BCUT2D eigenvalue weighted by Crippen LogP contribution is -2.40. The van der Waals surface area contributed by atoms with Crippen molar-refractivity contribution < 1.29 is 17.6 Å². The van der Waals surface area contributed by atoms with Gasteiger partial charge in [-0.25, -0.2) is 17.5 Å². The van der Waals surface area contributed by atoms with Crippen LogP contribution >= 0.6 is 0 Å². The minimum atomic E-state index is -3.99. The maximum Gasteiger partial charge on any atom is 0.241 e. The highest BCUT2D eigenvalue weighted by Gasteiger charge is 2.22. The molecule has 0 atom stereocenters. The summed E-state index contributed by atoms with van der Waals surface area (Å²) in [5.41, 5.74) is 5.29. The van der Waals surface area contributed by atoms with Gasteiger partial charge >= 0.3 is 0 Å². The maximum absolute atomic E-state index is 13.6. The van der Waals surface area contributed by atoms with Gasteiger partial charge in [-0.15, -0.1) is 0 Å². The highest BCUT2D eigenvalue weighted by molar-refractivity contribution is 7.89. The number of hydrogen-bond donors (Lipinski definition) is 2. The molecule has 1 amide bonds. The molecular weight excluding hydrogens is 297 g/mol. The van der Waals surface area contributed by atoms with Crippen LogP contribution in [-0.2, 0) is 21.4 Å². The van der Waals surface area contributed by atoms with Gasteiger partial charge < -0.3 is 10.6 Å². The zero-order valence-corrected chi connectivity index (χ0v) is 12.9. The number of rotatable bonds is 7. The summed E-state index contributed by atoms with van der Waals surface area (Å²) in [4.78, 5) is 13.1. The van der Waals surface area contributed by atoms with Crippen molar-refractivity contribution in [3.05, 3.63) is 29.6 Å². The fraction of sp³-hybridized carbons (Fsp3) is 0.462.